The second-order valence-electron chi connectivity index (χ2n) is 8.40. The first kappa shape index (κ1) is 25.3. The molecule has 0 unspecified atom stereocenters. The average Bonchev–Trinajstić information content (AvgIpc) is 3.42. The lowest BCUT2D eigenvalue weighted by atomic mass is 9.97. The van der Waals surface area contributed by atoms with Gasteiger partial charge >= 0.3 is 0 Å². The number of hydrogen-bond acceptors (Lipinski definition) is 6. The van der Waals surface area contributed by atoms with Gasteiger partial charge in [0, 0.05) is 37.0 Å². The zero-order valence-electron chi connectivity index (χ0n) is 19.9. The normalized spacial score (nSPS) is 10.7. The van der Waals surface area contributed by atoms with Gasteiger partial charge in [0.25, 0.3) is 11.4 Å². The predicted octanol–water partition coefficient (Wildman–Crippen LogP) is 3.92. The van der Waals surface area contributed by atoms with E-state index in [1.807, 2.05) is 18.7 Å². The minimum Gasteiger partial charge on any atom is -0.868 e. The van der Waals surface area contributed by atoms with Crippen molar-refractivity contribution in [3.63, 3.8) is 0 Å². The number of nitro groups is 2. The SMILES string of the molecule is O=[N+]([O-])c1ccc([O-])c([N+](=O)[O-])c1.c1ccc2c(C[NH2+]CCCn3ccnc3)c3ccccc3cc2c1. The van der Waals surface area contributed by atoms with Crippen molar-refractivity contribution >= 4 is 32.9 Å². The Morgan fingerprint density at radius 3 is 2.14 bits per heavy atom. The molecule has 5 aromatic rings. The fourth-order valence-corrected chi connectivity index (χ4v) is 4.17. The number of imidazole rings is 1. The largest absolute Gasteiger partial charge is 0.868 e. The van der Waals surface area contributed by atoms with Crippen molar-refractivity contribution in [3.05, 3.63) is 117 Å². The summed E-state index contributed by atoms with van der Waals surface area (Å²) in [6.45, 7) is 3.17. The van der Waals surface area contributed by atoms with Crippen molar-refractivity contribution in [2.75, 3.05) is 6.54 Å². The fraction of sp³-hybridized carbons (Fsp3) is 0.148. The van der Waals surface area contributed by atoms with Gasteiger partial charge in [-0.15, -0.1) is 0 Å². The molecule has 0 amide bonds. The van der Waals surface area contributed by atoms with Crippen molar-refractivity contribution in [3.8, 4) is 5.75 Å². The Bertz CT molecular complexity index is 1480. The van der Waals surface area contributed by atoms with Gasteiger partial charge in [0.2, 0.25) is 0 Å². The summed E-state index contributed by atoms with van der Waals surface area (Å²) >= 11 is 0. The molecule has 10 heteroatoms. The molecule has 0 spiro atoms. The maximum Gasteiger partial charge on any atom is 0.276 e. The summed E-state index contributed by atoms with van der Waals surface area (Å²) in [7, 11) is 0. The third-order valence-corrected chi connectivity index (χ3v) is 5.97. The Morgan fingerprint density at radius 1 is 0.865 bits per heavy atom. The van der Waals surface area contributed by atoms with Gasteiger partial charge in [-0.1, -0.05) is 54.6 Å². The van der Waals surface area contributed by atoms with Crippen LogP contribution in [-0.4, -0.2) is 25.9 Å². The summed E-state index contributed by atoms with van der Waals surface area (Å²) in [5, 5.41) is 39.0. The van der Waals surface area contributed by atoms with Gasteiger partial charge in [0.1, 0.15) is 6.54 Å². The number of rotatable bonds is 8. The van der Waals surface area contributed by atoms with E-state index >= 15 is 0 Å². The Morgan fingerprint density at radius 2 is 1.54 bits per heavy atom. The van der Waals surface area contributed by atoms with Gasteiger partial charge < -0.3 is 15.0 Å². The lowest BCUT2D eigenvalue weighted by Gasteiger charge is -2.11. The number of nitrogens with zero attached hydrogens (tertiary/aromatic N) is 4. The lowest BCUT2D eigenvalue weighted by molar-refractivity contribution is -0.670. The molecule has 0 fully saturated rings. The molecule has 0 aliphatic carbocycles. The van der Waals surface area contributed by atoms with Crippen LogP contribution in [0.25, 0.3) is 21.5 Å². The number of hydrogen-bond donors (Lipinski definition) is 1. The first-order chi connectivity index (χ1) is 17.9. The fourth-order valence-electron chi connectivity index (χ4n) is 4.17. The third kappa shape index (κ3) is 6.24. The van der Waals surface area contributed by atoms with Gasteiger partial charge in [0.15, 0.2) is 0 Å². The molecule has 0 aliphatic heterocycles. The van der Waals surface area contributed by atoms with Crippen LogP contribution < -0.4 is 10.4 Å². The lowest BCUT2D eigenvalue weighted by Crippen LogP contribution is -2.82. The Hall–Kier alpha value is -4.83. The van der Waals surface area contributed by atoms with Gasteiger partial charge in [-0.05, 0) is 33.4 Å². The monoisotopic (exact) mass is 499 g/mol. The van der Waals surface area contributed by atoms with Gasteiger partial charge in [0.05, 0.1) is 28.8 Å². The zero-order valence-corrected chi connectivity index (χ0v) is 19.9. The molecule has 10 nitrogen and oxygen atoms in total. The molecule has 0 atom stereocenters. The highest BCUT2D eigenvalue weighted by Crippen LogP contribution is 2.28. The maximum absolute atomic E-state index is 10.8. The van der Waals surface area contributed by atoms with Crippen LogP contribution in [0.1, 0.15) is 12.0 Å². The number of nitrogens with two attached hydrogens (primary N) is 1. The van der Waals surface area contributed by atoms with Gasteiger partial charge in [-0.3, -0.25) is 20.2 Å². The molecule has 0 radical (unpaired) electrons. The van der Waals surface area contributed by atoms with Crippen LogP contribution in [0.15, 0.2) is 91.5 Å². The number of aromatic nitrogens is 2. The molecular weight excluding hydrogens is 474 g/mol. The average molecular weight is 500 g/mol. The topological polar surface area (TPSA) is 144 Å². The first-order valence-electron chi connectivity index (χ1n) is 11.7. The van der Waals surface area contributed by atoms with E-state index in [4.69, 9.17) is 0 Å². The van der Waals surface area contributed by atoms with Crippen molar-refractivity contribution in [2.45, 2.75) is 19.5 Å². The van der Waals surface area contributed by atoms with E-state index in [0.717, 1.165) is 38.2 Å². The van der Waals surface area contributed by atoms with Crippen molar-refractivity contribution in [1.29, 1.82) is 0 Å². The summed E-state index contributed by atoms with van der Waals surface area (Å²) in [6, 6.07) is 22.1. The Balaban J connectivity index is 0.000000209. The summed E-state index contributed by atoms with van der Waals surface area (Å²) in [5.74, 6) is -0.837. The number of nitro benzene ring substituents is 2. The highest BCUT2D eigenvalue weighted by atomic mass is 16.6. The zero-order chi connectivity index (χ0) is 26.2. The van der Waals surface area contributed by atoms with Crippen molar-refractivity contribution < 1.29 is 20.3 Å². The molecule has 1 aromatic heterocycles. The Labute approximate surface area is 212 Å². The van der Waals surface area contributed by atoms with Crippen LogP contribution in [0.4, 0.5) is 11.4 Å². The highest BCUT2D eigenvalue weighted by Gasteiger charge is 2.13. The highest BCUT2D eigenvalue weighted by molar-refractivity contribution is 6.02. The molecule has 5 rings (SSSR count). The van der Waals surface area contributed by atoms with Crippen molar-refractivity contribution in [1.82, 2.24) is 9.55 Å². The number of non-ortho nitro benzene ring substituents is 1. The summed E-state index contributed by atoms with van der Waals surface area (Å²) in [4.78, 5) is 22.7. The Kier molecular flexibility index (Phi) is 8.01. The van der Waals surface area contributed by atoms with E-state index in [0.29, 0.717) is 6.07 Å². The van der Waals surface area contributed by atoms with Gasteiger partial charge in [-0.2, -0.15) is 0 Å². The first-order valence-corrected chi connectivity index (χ1v) is 11.7. The number of aryl methyl sites for hydroxylation is 1. The molecule has 0 aliphatic rings. The molecule has 0 saturated carbocycles. The van der Waals surface area contributed by atoms with Gasteiger partial charge in [-0.25, -0.2) is 4.98 Å². The molecule has 1 heterocycles. The molecule has 2 N–H and O–H groups in total. The van der Waals surface area contributed by atoms with Crippen LogP contribution in [-0.2, 0) is 13.1 Å². The molecule has 0 bridgehead atoms. The van der Waals surface area contributed by atoms with Crippen LogP contribution >= 0.6 is 0 Å². The maximum atomic E-state index is 10.8. The van der Waals surface area contributed by atoms with Crippen LogP contribution in [0.3, 0.4) is 0 Å². The van der Waals surface area contributed by atoms with E-state index in [-0.39, 0.29) is 0 Å². The van der Waals surface area contributed by atoms with Crippen molar-refractivity contribution in [2.24, 2.45) is 0 Å². The standard InChI is InChI=1S/C21H21N3.C6H4N2O5/c1-3-8-19-17(6-1)14-18-7-2-4-9-20(18)21(19)15-22-10-5-12-24-13-11-23-16-24;9-6-2-1-4(7(10)11)3-5(6)8(12)13/h1-4,6-9,11,13-14,16,22H,5,10,12,15H2;1-3,9H. The smallest absolute Gasteiger partial charge is 0.276 e. The number of quaternary nitrogens is 1. The van der Waals surface area contributed by atoms with Crippen LogP contribution in [0, 0.1) is 20.2 Å². The summed E-state index contributed by atoms with van der Waals surface area (Å²) in [5.41, 5.74) is 0.201. The second kappa shape index (κ2) is 11.7. The minimum absolute atomic E-state index is 0.466. The van der Waals surface area contributed by atoms with E-state index in [2.05, 4.69) is 69.5 Å². The van der Waals surface area contributed by atoms with E-state index in [1.54, 1.807) is 0 Å². The predicted molar refractivity (Wildman–Crippen MR) is 138 cm³/mol. The molecule has 0 saturated heterocycles. The van der Waals surface area contributed by atoms with E-state index in [9.17, 15) is 25.3 Å². The van der Waals surface area contributed by atoms with E-state index in [1.165, 1.54) is 27.1 Å². The molecule has 188 valence electrons. The number of fused-ring (bicyclic) bond motifs is 2. The van der Waals surface area contributed by atoms with E-state index < -0.39 is 27.0 Å². The van der Waals surface area contributed by atoms with Crippen LogP contribution in [0.2, 0.25) is 0 Å². The minimum atomic E-state index is -0.949. The summed E-state index contributed by atoms with van der Waals surface area (Å²) in [6.07, 6.45) is 6.90. The summed E-state index contributed by atoms with van der Waals surface area (Å²) < 4.78 is 2.14. The quantitative estimate of drug-likeness (QED) is 0.148. The molecule has 4 aromatic carbocycles. The third-order valence-electron chi connectivity index (χ3n) is 5.97. The van der Waals surface area contributed by atoms with Crippen LogP contribution in [0.5, 0.6) is 5.75 Å². The second-order valence-corrected chi connectivity index (χ2v) is 8.40. The molecular formula is C27H25N5O5. The molecule has 37 heavy (non-hydrogen) atoms. The number of benzene rings is 4.